The molecule has 0 bridgehead atoms. The van der Waals surface area contributed by atoms with Crippen LogP contribution in [-0.4, -0.2) is 25.6 Å². The zero-order valence-electron chi connectivity index (χ0n) is 14.3. The van der Waals surface area contributed by atoms with Gasteiger partial charge in [-0.1, -0.05) is 24.3 Å². The van der Waals surface area contributed by atoms with Gasteiger partial charge in [-0.25, -0.2) is 9.67 Å². The van der Waals surface area contributed by atoms with Gasteiger partial charge in [-0.05, 0) is 40.5 Å². The minimum atomic E-state index is -0.0754. The van der Waals surface area contributed by atoms with Gasteiger partial charge in [-0.15, -0.1) is 5.10 Å². The van der Waals surface area contributed by atoms with E-state index in [1.807, 2.05) is 36.4 Å². The largest absolute Gasteiger partial charge is 0.332 e. The number of carbonyl (C=O) groups excluding carboxylic acids is 1. The molecule has 0 spiro atoms. The molecule has 0 saturated heterocycles. The fraction of sp³-hybridized carbons (Fsp3) is 0.150. The second-order valence-corrected chi connectivity index (χ2v) is 6.30. The first kappa shape index (κ1) is 16.5. The first-order valence-corrected chi connectivity index (χ1v) is 8.36. The molecule has 0 radical (unpaired) electrons. The molecule has 0 fully saturated rings. The third kappa shape index (κ3) is 3.26. The van der Waals surface area contributed by atoms with Crippen molar-refractivity contribution in [2.75, 3.05) is 0 Å². The van der Waals surface area contributed by atoms with Gasteiger partial charge in [0, 0.05) is 13.1 Å². The maximum Gasteiger partial charge on any atom is 0.252 e. The summed E-state index contributed by atoms with van der Waals surface area (Å²) in [7, 11) is 0. The smallest absolute Gasteiger partial charge is 0.252 e. The fourth-order valence-electron chi connectivity index (χ4n) is 3.18. The van der Waals surface area contributed by atoms with E-state index in [1.165, 1.54) is 11.0 Å². The molecule has 27 heavy (non-hydrogen) atoms. The molecular weight excluding hydrogens is 340 g/mol. The third-order valence-electron chi connectivity index (χ3n) is 4.54. The predicted octanol–water partition coefficient (Wildman–Crippen LogP) is 2.23. The van der Waals surface area contributed by atoms with E-state index in [9.17, 15) is 4.79 Å². The Morgan fingerprint density at radius 3 is 2.63 bits per heavy atom. The molecule has 7 nitrogen and oxygen atoms in total. The van der Waals surface area contributed by atoms with Crippen LogP contribution in [0.15, 0.2) is 48.8 Å². The molecule has 4 rings (SSSR count). The van der Waals surface area contributed by atoms with E-state index in [-0.39, 0.29) is 18.3 Å². The Morgan fingerprint density at radius 1 is 1.04 bits per heavy atom. The topological polar surface area (TPSA) is 98.6 Å². The molecule has 130 valence electrons. The van der Waals surface area contributed by atoms with Crippen molar-refractivity contribution in [2.24, 2.45) is 0 Å². The average molecular weight is 354 g/mol. The Bertz CT molecular complexity index is 1120. The summed E-state index contributed by atoms with van der Waals surface area (Å²) < 4.78 is 1.38. The van der Waals surface area contributed by atoms with E-state index in [1.54, 1.807) is 11.0 Å². The summed E-state index contributed by atoms with van der Waals surface area (Å²) in [6, 6.07) is 17.6. The van der Waals surface area contributed by atoms with Crippen LogP contribution in [0.5, 0.6) is 0 Å². The molecular formula is C20H14N6O. The number of carbonyl (C=O) groups is 1. The molecule has 0 N–H and O–H groups in total. The number of aromatic nitrogens is 3. The highest BCUT2D eigenvalue weighted by Crippen LogP contribution is 2.29. The van der Waals surface area contributed by atoms with Crippen LogP contribution in [0, 0.1) is 22.7 Å². The number of hydrogen-bond acceptors (Lipinski definition) is 5. The summed E-state index contributed by atoms with van der Waals surface area (Å²) in [6.07, 6.45) is 1.39. The Hall–Kier alpha value is -3.97. The van der Waals surface area contributed by atoms with Gasteiger partial charge in [-0.3, -0.25) is 4.79 Å². The quantitative estimate of drug-likeness (QED) is 0.718. The SMILES string of the molecule is N#Cc1cccc(-c2ccc3c(c2)CN(C(=O)Cn2cnc(C#N)n2)C3)c1. The van der Waals surface area contributed by atoms with Crippen molar-refractivity contribution in [1.82, 2.24) is 19.7 Å². The van der Waals surface area contributed by atoms with Crippen LogP contribution in [0.1, 0.15) is 22.5 Å². The highest BCUT2D eigenvalue weighted by molar-refractivity contribution is 5.77. The van der Waals surface area contributed by atoms with Crippen LogP contribution in [0.25, 0.3) is 11.1 Å². The lowest BCUT2D eigenvalue weighted by Gasteiger charge is -2.14. The zero-order valence-corrected chi connectivity index (χ0v) is 14.3. The van der Waals surface area contributed by atoms with E-state index < -0.39 is 0 Å². The highest BCUT2D eigenvalue weighted by atomic mass is 16.2. The van der Waals surface area contributed by atoms with Crippen LogP contribution in [0.4, 0.5) is 0 Å². The molecule has 0 saturated carbocycles. The molecule has 3 aromatic rings. The first-order chi connectivity index (χ1) is 13.2. The second kappa shape index (κ2) is 6.74. The van der Waals surface area contributed by atoms with Gasteiger partial charge in [0.15, 0.2) is 0 Å². The molecule has 0 unspecified atom stereocenters. The average Bonchev–Trinajstić information content (AvgIpc) is 3.33. The minimum Gasteiger partial charge on any atom is -0.332 e. The lowest BCUT2D eigenvalue weighted by Crippen LogP contribution is -2.29. The van der Waals surface area contributed by atoms with Crippen LogP contribution >= 0.6 is 0 Å². The fourth-order valence-corrected chi connectivity index (χ4v) is 3.18. The van der Waals surface area contributed by atoms with E-state index in [2.05, 4.69) is 22.2 Å². The van der Waals surface area contributed by atoms with E-state index in [0.29, 0.717) is 18.7 Å². The van der Waals surface area contributed by atoms with Gasteiger partial charge < -0.3 is 4.90 Å². The maximum absolute atomic E-state index is 12.5. The van der Waals surface area contributed by atoms with Crippen LogP contribution in [0.3, 0.4) is 0 Å². The Balaban J connectivity index is 1.51. The van der Waals surface area contributed by atoms with Crippen molar-refractivity contribution in [1.29, 1.82) is 10.5 Å². The van der Waals surface area contributed by atoms with Crippen LogP contribution in [-0.2, 0) is 24.4 Å². The Kier molecular flexibility index (Phi) is 4.12. The van der Waals surface area contributed by atoms with Gasteiger partial charge in [0.05, 0.1) is 11.6 Å². The zero-order chi connectivity index (χ0) is 18.8. The second-order valence-electron chi connectivity index (χ2n) is 6.30. The van der Waals surface area contributed by atoms with Gasteiger partial charge in [-0.2, -0.15) is 10.5 Å². The Morgan fingerprint density at radius 2 is 1.85 bits per heavy atom. The van der Waals surface area contributed by atoms with Gasteiger partial charge in [0.25, 0.3) is 5.82 Å². The minimum absolute atomic E-state index is 0.0525. The van der Waals surface area contributed by atoms with Gasteiger partial charge in [0.2, 0.25) is 5.91 Å². The number of rotatable bonds is 3. The third-order valence-corrected chi connectivity index (χ3v) is 4.54. The predicted molar refractivity (Wildman–Crippen MR) is 95.6 cm³/mol. The molecule has 7 heteroatoms. The van der Waals surface area contributed by atoms with E-state index >= 15 is 0 Å². The molecule has 1 amide bonds. The summed E-state index contributed by atoms with van der Waals surface area (Å²) in [5.41, 5.74) is 4.83. The van der Waals surface area contributed by atoms with Crippen molar-refractivity contribution in [3.63, 3.8) is 0 Å². The molecule has 1 aliphatic heterocycles. The summed E-state index contributed by atoms with van der Waals surface area (Å²) in [6.45, 7) is 1.13. The highest BCUT2D eigenvalue weighted by Gasteiger charge is 2.24. The molecule has 0 atom stereocenters. The number of benzene rings is 2. The number of nitriles is 2. The summed E-state index contributed by atoms with van der Waals surface area (Å²) >= 11 is 0. The Labute approximate surface area is 155 Å². The van der Waals surface area contributed by atoms with E-state index in [4.69, 9.17) is 10.5 Å². The van der Waals surface area contributed by atoms with Crippen molar-refractivity contribution < 1.29 is 4.79 Å². The molecule has 2 aromatic carbocycles. The monoisotopic (exact) mass is 354 g/mol. The van der Waals surface area contributed by atoms with Crippen molar-refractivity contribution in [3.05, 3.63) is 71.3 Å². The summed E-state index contributed by atoms with van der Waals surface area (Å²) in [5.74, 6) is -0.0228. The number of amides is 1. The lowest BCUT2D eigenvalue weighted by molar-refractivity contribution is -0.132. The lowest BCUT2D eigenvalue weighted by atomic mass is 9.99. The van der Waals surface area contributed by atoms with Crippen molar-refractivity contribution in [3.8, 4) is 23.3 Å². The van der Waals surface area contributed by atoms with Gasteiger partial charge in [0.1, 0.15) is 18.9 Å². The molecule has 0 aliphatic carbocycles. The standard InChI is InChI=1S/C20H14N6O/c21-8-14-2-1-3-15(6-14)16-4-5-17-10-25(11-18(17)7-16)20(27)12-26-13-23-19(9-22)24-26/h1-7,13H,10-12H2. The van der Waals surface area contributed by atoms with Gasteiger partial charge >= 0.3 is 0 Å². The van der Waals surface area contributed by atoms with Crippen LogP contribution < -0.4 is 0 Å². The first-order valence-electron chi connectivity index (χ1n) is 8.36. The molecule has 1 aromatic heterocycles. The molecule has 1 aliphatic rings. The maximum atomic E-state index is 12.5. The van der Waals surface area contributed by atoms with Crippen LogP contribution in [0.2, 0.25) is 0 Å². The number of hydrogen-bond donors (Lipinski definition) is 0. The number of fused-ring (bicyclic) bond motifs is 1. The summed E-state index contributed by atoms with van der Waals surface area (Å²) in [4.78, 5) is 18.1. The van der Waals surface area contributed by atoms with Crippen molar-refractivity contribution >= 4 is 5.91 Å². The molecule has 2 heterocycles. The van der Waals surface area contributed by atoms with E-state index in [0.717, 1.165) is 22.3 Å². The van der Waals surface area contributed by atoms with Crippen molar-refractivity contribution in [2.45, 2.75) is 19.6 Å². The normalized spacial score (nSPS) is 12.3. The summed E-state index contributed by atoms with van der Waals surface area (Å²) in [5, 5.41) is 21.8. The number of nitrogens with zero attached hydrogens (tertiary/aromatic N) is 6.